The first-order chi connectivity index (χ1) is 5.31. The third-order valence-corrected chi connectivity index (χ3v) is 3.06. The normalized spacial score (nSPS) is 13.5. The fraction of sp³-hybridized carbons (Fsp3) is 1.00. The number of alkyl halides is 1. The number of nitrogens with one attached hydrogen (secondary N) is 1. The predicted molar refractivity (Wildman–Crippen MR) is 56.8 cm³/mol. The summed E-state index contributed by atoms with van der Waals surface area (Å²) in [6.45, 7) is 13.3. The Labute approximate surface area is 81.9 Å². The van der Waals surface area contributed by atoms with E-state index in [0.717, 1.165) is 13.1 Å². The smallest absolute Gasteiger partial charge is 0.0348 e. The highest BCUT2D eigenvalue weighted by Crippen LogP contribution is 2.36. The van der Waals surface area contributed by atoms with E-state index in [2.05, 4.69) is 39.9 Å². The number of rotatable bonds is 4. The molecule has 0 heterocycles. The van der Waals surface area contributed by atoms with Crippen LogP contribution in [-0.4, -0.2) is 19.0 Å². The summed E-state index contributed by atoms with van der Waals surface area (Å²) in [5.41, 5.74) is 0.658. The lowest BCUT2D eigenvalue weighted by Crippen LogP contribution is -2.40. The first-order valence-corrected chi connectivity index (χ1v) is 5.11. The van der Waals surface area contributed by atoms with Crippen LogP contribution in [0.25, 0.3) is 0 Å². The van der Waals surface area contributed by atoms with Gasteiger partial charge in [0.05, 0.1) is 0 Å². The average molecular weight is 192 g/mol. The molecule has 0 aliphatic carbocycles. The van der Waals surface area contributed by atoms with Crippen molar-refractivity contribution in [3.8, 4) is 0 Å². The molecule has 0 aromatic heterocycles. The fourth-order valence-electron chi connectivity index (χ4n) is 0.733. The van der Waals surface area contributed by atoms with E-state index in [1.165, 1.54) is 0 Å². The zero-order chi connectivity index (χ0) is 9.83. The minimum absolute atomic E-state index is 0.319. The molecule has 74 valence electrons. The highest BCUT2D eigenvalue weighted by atomic mass is 35.5. The Morgan fingerprint density at radius 2 is 1.58 bits per heavy atom. The quantitative estimate of drug-likeness (QED) is 0.533. The van der Waals surface area contributed by atoms with Gasteiger partial charge < -0.3 is 5.32 Å². The number of hydrogen-bond acceptors (Lipinski definition) is 1. The summed E-state index contributed by atoms with van der Waals surface area (Å²) < 4.78 is 0. The molecule has 0 aliphatic heterocycles. The molecule has 12 heavy (non-hydrogen) atoms. The fourth-order valence-corrected chi connectivity index (χ4v) is 0.866. The van der Waals surface area contributed by atoms with Crippen LogP contribution < -0.4 is 5.32 Å². The van der Waals surface area contributed by atoms with Crippen molar-refractivity contribution >= 4 is 11.6 Å². The van der Waals surface area contributed by atoms with Gasteiger partial charge in [-0.05, 0) is 10.8 Å². The molecule has 1 N–H and O–H groups in total. The summed E-state index contributed by atoms with van der Waals surface area (Å²) in [4.78, 5) is 0. The molecule has 0 spiro atoms. The van der Waals surface area contributed by atoms with Gasteiger partial charge in [-0.2, -0.15) is 0 Å². The van der Waals surface area contributed by atoms with Crippen LogP contribution in [0.5, 0.6) is 0 Å². The maximum Gasteiger partial charge on any atom is 0.0348 e. The molecule has 1 nitrogen and oxygen atoms in total. The third kappa shape index (κ3) is 3.77. The van der Waals surface area contributed by atoms with E-state index in [1.54, 1.807) is 0 Å². The summed E-state index contributed by atoms with van der Waals surface area (Å²) in [5.74, 6) is 0.695. The minimum atomic E-state index is 0.319. The molecular weight excluding hydrogens is 170 g/mol. The standard InChI is InChI=1S/C10H22ClN/c1-9(2,3)10(4,5)8-12-7-6-11/h12H,6-8H2,1-5H3. The van der Waals surface area contributed by atoms with Gasteiger partial charge in [-0.3, -0.25) is 0 Å². The van der Waals surface area contributed by atoms with Crippen molar-refractivity contribution < 1.29 is 0 Å². The van der Waals surface area contributed by atoms with Crippen LogP contribution >= 0.6 is 11.6 Å². The first-order valence-electron chi connectivity index (χ1n) is 4.58. The molecule has 2 heteroatoms. The van der Waals surface area contributed by atoms with Crippen molar-refractivity contribution in [2.45, 2.75) is 34.6 Å². The van der Waals surface area contributed by atoms with E-state index in [-0.39, 0.29) is 0 Å². The molecule has 0 fully saturated rings. The average Bonchev–Trinajstić information content (AvgIpc) is 1.85. The molecule has 0 bridgehead atoms. The van der Waals surface area contributed by atoms with Crippen molar-refractivity contribution in [3.05, 3.63) is 0 Å². The van der Waals surface area contributed by atoms with E-state index in [1.807, 2.05) is 0 Å². The molecule has 0 aromatic rings. The highest BCUT2D eigenvalue weighted by Gasteiger charge is 2.31. The Kier molecular flexibility index (Phi) is 4.57. The van der Waals surface area contributed by atoms with Gasteiger partial charge in [0.1, 0.15) is 0 Å². The van der Waals surface area contributed by atoms with Crippen molar-refractivity contribution in [1.29, 1.82) is 0 Å². The third-order valence-electron chi connectivity index (χ3n) is 2.87. The molecule has 0 aromatic carbocycles. The molecule has 0 atom stereocenters. The summed E-state index contributed by atoms with van der Waals surface area (Å²) in [6, 6.07) is 0. The zero-order valence-electron chi connectivity index (χ0n) is 9.00. The van der Waals surface area contributed by atoms with Gasteiger partial charge in [-0.1, -0.05) is 34.6 Å². The van der Waals surface area contributed by atoms with E-state index < -0.39 is 0 Å². The topological polar surface area (TPSA) is 12.0 Å². The highest BCUT2D eigenvalue weighted by molar-refractivity contribution is 6.18. The van der Waals surface area contributed by atoms with Gasteiger partial charge in [0.2, 0.25) is 0 Å². The lowest BCUT2D eigenvalue weighted by molar-refractivity contribution is 0.130. The van der Waals surface area contributed by atoms with Gasteiger partial charge in [-0.15, -0.1) is 11.6 Å². The van der Waals surface area contributed by atoms with E-state index in [0.29, 0.717) is 16.7 Å². The molecule has 0 aliphatic rings. The molecule has 0 amide bonds. The molecule has 0 unspecified atom stereocenters. The molecule has 0 saturated carbocycles. The SMILES string of the molecule is CC(C)(C)C(C)(C)CNCCCl. The van der Waals surface area contributed by atoms with Crippen LogP contribution in [0.2, 0.25) is 0 Å². The maximum absolute atomic E-state index is 5.58. The first kappa shape index (κ1) is 12.2. The Morgan fingerprint density at radius 3 is 1.92 bits per heavy atom. The summed E-state index contributed by atoms with van der Waals surface area (Å²) in [6.07, 6.45) is 0. The zero-order valence-corrected chi connectivity index (χ0v) is 9.76. The molecule has 0 saturated heterocycles. The van der Waals surface area contributed by atoms with Gasteiger partial charge in [0.25, 0.3) is 0 Å². The molecule has 0 rings (SSSR count). The summed E-state index contributed by atoms with van der Waals surface area (Å²) in [7, 11) is 0. The maximum atomic E-state index is 5.58. The van der Waals surface area contributed by atoms with Gasteiger partial charge >= 0.3 is 0 Å². The van der Waals surface area contributed by atoms with Crippen molar-refractivity contribution in [2.75, 3.05) is 19.0 Å². The largest absolute Gasteiger partial charge is 0.315 e. The number of hydrogen-bond donors (Lipinski definition) is 1. The van der Waals surface area contributed by atoms with Gasteiger partial charge in [0.15, 0.2) is 0 Å². The van der Waals surface area contributed by atoms with Crippen LogP contribution in [0, 0.1) is 10.8 Å². The molecule has 0 radical (unpaired) electrons. The van der Waals surface area contributed by atoms with Crippen LogP contribution in [0.4, 0.5) is 0 Å². The van der Waals surface area contributed by atoms with E-state index in [9.17, 15) is 0 Å². The van der Waals surface area contributed by atoms with E-state index in [4.69, 9.17) is 11.6 Å². The number of halogens is 1. The van der Waals surface area contributed by atoms with Crippen LogP contribution in [0.15, 0.2) is 0 Å². The monoisotopic (exact) mass is 191 g/mol. The summed E-state index contributed by atoms with van der Waals surface area (Å²) in [5, 5.41) is 3.35. The summed E-state index contributed by atoms with van der Waals surface area (Å²) >= 11 is 5.58. The Hall–Kier alpha value is 0.250. The van der Waals surface area contributed by atoms with Gasteiger partial charge in [-0.25, -0.2) is 0 Å². The van der Waals surface area contributed by atoms with Crippen molar-refractivity contribution in [1.82, 2.24) is 5.32 Å². The minimum Gasteiger partial charge on any atom is -0.315 e. The Bertz CT molecular complexity index is 124. The lowest BCUT2D eigenvalue weighted by Gasteiger charge is -2.39. The van der Waals surface area contributed by atoms with Crippen LogP contribution in [0.3, 0.4) is 0 Å². The van der Waals surface area contributed by atoms with Crippen LogP contribution in [-0.2, 0) is 0 Å². The van der Waals surface area contributed by atoms with Crippen molar-refractivity contribution in [2.24, 2.45) is 10.8 Å². The Morgan fingerprint density at radius 1 is 1.08 bits per heavy atom. The second-order valence-corrected chi connectivity index (χ2v) is 5.38. The second kappa shape index (κ2) is 4.48. The second-order valence-electron chi connectivity index (χ2n) is 5.00. The van der Waals surface area contributed by atoms with E-state index >= 15 is 0 Å². The predicted octanol–water partition coefficient (Wildman–Crippen LogP) is 2.89. The molecular formula is C10H22ClN. The lowest BCUT2D eigenvalue weighted by atomic mass is 9.69. The van der Waals surface area contributed by atoms with Crippen molar-refractivity contribution in [3.63, 3.8) is 0 Å². The Balaban J connectivity index is 3.88. The van der Waals surface area contributed by atoms with Crippen LogP contribution in [0.1, 0.15) is 34.6 Å². The van der Waals surface area contributed by atoms with Gasteiger partial charge in [0, 0.05) is 19.0 Å².